The molecule has 0 saturated carbocycles. The number of halogens is 4. The fraction of sp³-hybridized carbons (Fsp3) is 0.400. The number of urea groups is 1. The van der Waals surface area contributed by atoms with E-state index in [-0.39, 0.29) is 11.7 Å². The van der Waals surface area contributed by atoms with Crippen LogP contribution in [0.25, 0.3) is 5.57 Å². The minimum absolute atomic E-state index is 0.0504. The van der Waals surface area contributed by atoms with Gasteiger partial charge in [0.2, 0.25) is 0 Å². The summed E-state index contributed by atoms with van der Waals surface area (Å²) in [6.07, 6.45) is -0.192. The van der Waals surface area contributed by atoms with Crippen molar-refractivity contribution >= 4 is 34.6 Å². The second-order valence-electron chi connectivity index (χ2n) is 8.61. The number of carbonyl (C=O) groups excluding carboxylic acids is 1. The first-order valence-corrected chi connectivity index (χ1v) is 11.5. The highest BCUT2D eigenvalue weighted by atomic mass is 35.5. The van der Waals surface area contributed by atoms with Crippen molar-refractivity contribution < 1.29 is 18.0 Å². The molecule has 0 heterocycles. The molecule has 5 nitrogen and oxygen atoms in total. The number of nitrogens with one attached hydrogen (secondary N) is 2. The smallest absolute Gasteiger partial charge is 0.388 e. The van der Waals surface area contributed by atoms with Gasteiger partial charge in [-0.1, -0.05) is 29.8 Å². The number of allylic oxidation sites excluding steroid dienone is 1. The van der Waals surface area contributed by atoms with Crippen molar-refractivity contribution in [3.8, 4) is 0 Å². The number of anilines is 2. The lowest BCUT2D eigenvalue weighted by Crippen LogP contribution is -2.46. The van der Waals surface area contributed by atoms with Gasteiger partial charge in [0.25, 0.3) is 0 Å². The van der Waals surface area contributed by atoms with Crippen molar-refractivity contribution in [1.29, 1.82) is 0 Å². The minimum atomic E-state index is -4.60. The summed E-state index contributed by atoms with van der Waals surface area (Å²) >= 11 is 5.71. The monoisotopic (exact) mass is 494 g/mol. The lowest BCUT2D eigenvalue weighted by molar-refractivity contribution is -0.137. The van der Waals surface area contributed by atoms with Crippen molar-refractivity contribution in [3.63, 3.8) is 0 Å². The number of hydrogen-bond donors (Lipinski definition) is 2. The Morgan fingerprint density at radius 2 is 1.88 bits per heavy atom. The normalized spacial score (nSPS) is 16.2. The Balaban J connectivity index is 1.77. The van der Waals surface area contributed by atoms with Gasteiger partial charge >= 0.3 is 12.2 Å². The average molecular weight is 495 g/mol. The number of benzene rings is 2. The lowest BCUT2D eigenvalue weighted by atomic mass is 9.90. The Morgan fingerprint density at radius 3 is 2.50 bits per heavy atom. The van der Waals surface area contributed by atoms with Crippen LogP contribution in [0, 0.1) is 0 Å². The Bertz CT molecular complexity index is 1040. The van der Waals surface area contributed by atoms with Gasteiger partial charge in [-0.05, 0) is 74.8 Å². The van der Waals surface area contributed by atoms with Gasteiger partial charge in [0.15, 0.2) is 0 Å². The molecule has 1 atom stereocenters. The number of alkyl halides is 3. The molecule has 0 radical (unpaired) electrons. The van der Waals surface area contributed by atoms with E-state index in [2.05, 4.69) is 28.8 Å². The predicted octanol–water partition coefficient (Wildman–Crippen LogP) is 6.43. The summed E-state index contributed by atoms with van der Waals surface area (Å²) in [6, 6.07) is 11.1. The standard InChI is InChI=1S/C25H30ClF3N4O/c1-30-19-6-4-5-18(15-19)17-7-10-21(11-8-17)33(14-13-32(2)3)24(34)31-20-9-12-23(26)22(16-20)25(27,28)29/h4-7,9,12,15-16,21,30H,8,10-11,13-14H2,1-3H3,(H,31,34). The summed E-state index contributed by atoms with van der Waals surface area (Å²) in [5.41, 5.74) is 2.51. The lowest BCUT2D eigenvalue weighted by Gasteiger charge is -2.35. The molecule has 2 N–H and O–H groups in total. The summed E-state index contributed by atoms with van der Waals surface area (Å²) < 4.78 is 39.7. The van der Waals surface area contributed by atoms with Crippen LogP contribution < -0.4 is 10.6 Å². The van der Waals surface area contributed by atoms with E-state index in [9.17, 15) is 18.0 Å². The van der Waals surface area contributed by atoms with Crippen molar-refractivity contribution in [2.24, 2.45) is 0 Å². The molecule has 0 fully saturated rings. The molecule has 2 amide bonds. The molecule has 0 spiro atoms. The van der Waals surface area contributed by atoms with E-state index in [0.29, 0.717) is 19.5 Å². The highest BCUT2D eigenvalue weighted by Crippen LogP contribution is 2.36. The Labute approximate surface area is 203 Å². The maximum Gasteiger partial charge on any atom is 0.417 e. The van der Waals surface area contributed by atoms with E-state index in [1.54, 1.807) is 4.90 Å². The molecule has 1 aliphatic rings. The fourth-order valence-corrected chi connectivity index (χ4v) is 4.24. The molecule has 0 saturated heterocycles. The number of hydrogen-bond acceptors (Lipinski definition) is 3. The van der Waals surface area contributed by atoms with E-state index in [0.717, 1.165) is 36.2 Å². The van der Waals surface area contributed by atoms with Crippen LogP contribution in [0.4, 0.5) is 29.3 Å². The summed E-state index contributed by atoms with van der Waals surface area (Å²) in [4.78, 5) is 16.8. The number of likely N-dealkylation sites (N-methyl/N-ethyl adjacent to an activating group) is 1. The van der Waals surface area contributed by atoms with Gasteiger partial charge in [0, 0.05) is 37.6 Å². The maximum atomic E-state index is 13.2. The van der Waals surface area contributed by atoms with E-state index in [4.69, 9.17) is 11.6 Å². The predicted molar refractivity (Wildman–Crippen MR) is 132 cm³/mol. The zero-order chi connectivity index (χ0) is 24.9. The number of carbonyl (C=O) groups is 1. The van der Waals surface area contributed by atoms with Crippen LogP contribution in [-0.4, -0.2) is 56.1 Å². The topological polar surface area (TPSA) is 47.6 Å². The summed E-state index contributed by atoms with van der Waals surface area (Å²) in [5.74, 6) is 0. The van der Waals surface area contributed by atoms with Crippen molar-refractivity contribution in [1.82, 2.24) is 9.80 Å². The molecule has 9 heteroatoms. The van der Waals surface area contributed by atoms with Crippen molar-refractivity contribution in [3.05, 3.63) is 64.7 Å². The third-order valence-electron chi connectivity index (χ3n) is 5.92. The van der Waals surface area contributed by atoms with Gasteiger partial charge in [0.05, 0.1) is 10.6 Å². The second kappa shape index (κ2) is 11.1. The van der Waals surface area contributed by atoms with Crippen LogP contribution in [0.3, 0.4) is 0 Å². The maximum absolute atomic E-state index is 13.2. The molecule has 0 aliphatic heterocycles. The Morgan fingerprint density at radius 1 is 1.12 bits per heavy atom. The molecule has 1 aliphatic carbocycles. The average Bonchev–Trinajstić information content (AvgIpc) is 2.80. The number of rotatable bonds is 7. The van der Waals surface area contributed by atoms with Gasteiger partial charge in [-0.3, -0.25) is 0 Å². The molecule has 2 aromatic carbocycles. The van der Waals surface area contributed by atoms with Crippen LogP contribution in [0.1, 0.15) is 30.4 Å². The molecular formula is C25H30ClF3N4O. The SMILES string of the molecule is CNc1cccc(C2=CCC(N(CCN(C)C)C(=O)Nc3ccc(Cl)c(C(F)(F)F)c3)CC2)c1. The fourth-order valence-electron chi connectivity index (χ4n) is 4.01. The molecule has 184 valence electrons. The highest BCUT2D eigenvalue weighted by Gasteiger charge is 2.34. The van der Waals surface area contributed by atoms with Gasteiger partial charge < -0.3 is 20.4 Å². The van der Waals surface area contributed by atoms with Gasteiger partial charge in [-0.25, -0.2) is 4.79 Å². The van der Waals surface area contributed by atoms with Gasteiger partial charge in [-0.2, -0.15) is 13.2 Å². The molecule has 2 aromatic rings. The zero-order valence-corrected chi connectivity index (χ0v) is 20.3. The first-order valence-electron chi connectivity index (χ1n) is 11.1. The quantitative estimate of drug-likeness (QED) is 0.466. The van der Waals surface area contributed by atoms with Crippen LogP contribution in [-0.2, 0) is 6.18 Å². The Hall–Kier alpha value is -2.71. The van der Waals surface area contributed by atoms with Gasteiger partial charge in [0.1, 0.15) is 0 Å². The number of nitrogens with zero attached hydrogens (tertiary/aromatic N) is 2. The first-order chi connectivity index (χ1) is 16.1. The third kappa shape index (κ3) is 6.67. The zero-order valence-electron chi connectivity index (χ0n) is 19.5. The molecular weight excluding hydrogens is 465 g/mol. The highest BCUT2D eigenvalue weighted by molar-refractivity contribution is 6.31. The van der Waals surface area contributed by atoms with E-state index in [1.165, 1.54) is 11.6 Å². The molecule has 0 bridgehead atoms. The number of amides is 2. The largest absolute Gasteiger partial charge is 0.417 e. The first kappa shape index (κ1) is 25.9. The second-order valence-corrected chi connectivity index (χ2v) is 9.01. The molecule has 1 unspecified atom stereocenters. The van der Waals surface area contributed by atoms with Gasteiger partial charge in [-0.15, -0.1) is 0 Å². The molecule has 3 rings (SSSR count). The third-order valence-corrected chi connectivity index (χ3v) is 6.25. The van der Waals surface area contributed by atoms with Crippen LogP contribution >= 0.6 is 11.6 Å². The minimum Gasteiger partial charge on any atom is -0.388 e. The van der Waals surface area contributed by atoms with Crippen molar-refractivity contribution in [2.45, 2.75) is 31.5 Å². The van der Waals surface area contributed by atoms with Crippen molar-refractivity contribution in [2.75, 3.05) is 44.9 Å². The summed E-state index contributed by atoms with van der Waals surface area (Å²) in [5, 5.41) is 5.38. The van der Waals surface area contributed by atoms with E-state index >= 15 is 0 Å². The molecule has 0 aromatic heterocycles. The van der Waals surface area contributed by atoms with E-state index < -0.39 is 22.8 Å². The van der Waals surface area contributed by atoms with E-state index in [1.807, 2.05) is 38.2 Å². The summed E-state index contributed by atoms with van der Waals surface area (Å²) in [7, 11) is 5.71. The van der Waals surface area contributed by atoms with Crippen LogP contribution in [0.2, 0.25) is 5.02 Å². The van der Waals surface area contributed by atoms with Crippen LogP contribution in [0.5, 0.6) is 0 Å². The van der Waals surface area contributed by atoms with Crippen LogP contribution in [0.15, 0.2) is 48.5 Å². The summed E-state index contributed by atoms with van der Waals surface area (Å²) in [6.45, 7) is 1.10. The Kier molecular flexibility index (Phi) is 8.49. The molecule has 34 heavy (non-hydrogen) atoms.